The van der Waals surface area contributed by atoms with Gasteiger partial charge in [0.2, 0.25) is 11.9 Å². The molecule has 2 N–H and O–H groups in total. The van der Waals surface area contributed by atoms with Crippen LogP contribution in [0.15, 0.2) is 60.2 Å². The minimum atomic E-state index is 0. The summed E-state index contributed by atoms with van der Waals surface area (Å²) in [6.45, 7) is 0.758. The van der Waals surface area contributed by atoms with Crippen LogP contribution in [0.1, 0.15) is 10.4 Å². The van der Waals surface area contributed by atoms with Crippen molar-refractivity contribution in [3.8, 4) is 0 Å². The smallest absolute Gasteiger partial charge is 0.229 e. The summed E-state index contributed by atoms with van der Waals surface area (Å²) in [6.07, 6.45) is 4.70. The Bertz CT molecular complexity index is 768. The third-order valence-corrected chi connectivity index (χ3v) is 4.29. The van der Waals surface area contributed by atoms with Gasteiger partial charge in [-0.15, -0.1) is 36.2 Å². The summed E-state index contributed by atoms with van der Waals surface area (Å²) < 4.78 is 0. The number of aromatic nitrogens is 2. The van der Waals surface area contributed by atoms with Crippen molar-refractivity contribution in [3.05, 3.63) is 70.7 Å². The first-order valence-electron chi connectivity index (χ1n) is 7.72. The Morgan fingerprint density at radius 3 is 2.38 bits per heavy atom. The van der Waals surface area contributed by atoms with E-state index in [0.29, 0.717) is 12.4 Å². The predicted octanol–water partition coefficient (Wildman–Crippen LogP) is 4.22. The van der Waals surface area contributed by atoms with Gasteiger partial charge in [-0.3, -0.25) is 4.79 Å². The van der Waals surface area contributed by atoms with E-state index in [9.17, 15) is 4.79 Å². The highest BCUT2D eigenvalue weighted by Crippen LogP contribution is 2.13. The van der Waals surface area contributed by atoms with Gasteiger partial charge in [-0.1, -0.05) is 18.2 Å². The standard InChI is InChI=1S/C18H18N4OS.2ClH/c23-17(13-16-3-1-12-24-16)22-15-6-4-14(5-7-15)8-11-21-18-19-9-2-10-20-18;;/h1-7,9-10,12H,8,11,13H2,(H,22,23)(H,19,20,21);2*1H. The number of rotatable bonds is 7. The highest BCUT2D eigenvalue weighted by atomic mass is 35.5. The van der Waals surface area contributed by atoms with Gasteiger partial charge < -0.3 is 10.6 Å². The van der Waals surface area contributed by atoms with Crippen LogP contribution in [0, 0.1) is 0 Å². The number of carbonyl (C=O) groups is 1. The first-order valence-corrected chi connectivity index (χ1v) is 8.59. The van der Waals surface area contributed by atoms with Crippen LogP contribution in [0.4, 0.5) is 11.6 Å². The zero-order valence-corrected chi connectivity index (χ0v) is 16.4. The molecule has 3 rings (SSSR count). The maximum Gasteiger partial charge on any atom is 0.229 e. The van der Waals surface area contributed by atoms with E-state index >= 15 is 0 Å². The zero-order chi connectivity index (χ0) is 16.6. The molecule has 0 saturated heterocycles. The molecule has 0 atom stereocenters. The molecule has 0 spiro atoms. The molecule has 0 fully saturated rings. The first-order chi connectivity index (χ1) is 11.8. The van der Waals surface area contributed by atoms with E-state index in [4.69, 9.17) is 0 Å². The van der Waals surface area contributed by atoms with E-state index in [-0.39, 0.29) is 30.7 Å². The van der Waals surface area contributed by atoms with Gasteiger partial charge in [0.25, 0.3) is 0 Å². The summed E-state index contributed by atoms with van der Waals surface area (Å²) in [7, 11) is 0. The van der Waals surface area contributed by atoms with Gasteiger partial charge in [0.1, 0.15) is 0 Å². The van der Waals surface area contributed by atoms with Crippen LogP contribution in [-0.4, -0.2) is 22.4 Å². The van der Waals surface area contributed by atoms with Gasteiger partial charge in [-0.2, -0.15) is 0 Å². The van der Waals surface area contributed by atoms with Crippen LogP contribution in [-0.2, 0) is 17.6 Å². The Morgan fingerprint density at radius 1 is 1.00 bits per heavy atom. The molecule has 138 valence electrons. The third kappa shape index (κ3) is 7.00. The Hall–Kier alpha value is -2.15. The monoisotopic (exact) mass is 410 g/mol. The molecule has 0 aliphatic heterocycles. The van der Waals surface area contributed by atoms with E-state index < -0.39 is 0 Å². The normalized spacial score (nSPS) is 9.54. The number of amides is 1. The van der Waals surface area contributed by atoms with Crippen molar-refractivity contribution < 1.29 is 4.79 Å². The Morgan fingerprint density at radius 2 is 1.73 bits per heavy atom. The molecule has 3 aromatic rings. The average Bonchev–Trinajstić information content (AvgIpc) is 3.10. The number of nitrogens with one attached hydrogen (secondary N) is 2. The molecule has 0 aliphatic carbocycles. The fourth-order valence-electron chi connectivity index (χ4n) is 2.24. The van der Waals surface area contributed by atoms with Gasteiger partial charge >= 0.3 is 0 Å². The summed E-state index contributed by atoms with van der Waals surface area (Å²) in [6, 6.07) is 13.6. The molecular weight excluding hydrogens is 391 g/mol. The minimum absolute atomic E-state index is 0. The molecule has 1 amide bonds. The van der Waals surface area contributed by atoms with Gasteiger partial charge in [-0.05, 0) is 41.6 Å². The molecular formula is C18H20Cl2N4OS. The lowest BCUT2D eigenvalue weighted by Gasteiger charge is -2.07. The van der Waals surface area contributed by atoms with Crippen molar-refractivity contribution in [2.75, 3.05) is 17.2 Å². The summed E-state index contributed by atoms with van der Waals surface area (Å²) in [5.41, 5.74) is 2.01. The van der Waals surface area contributed by atoms with Crippen molar-refractivity contribution >= 4 is 53.7 Å². The fraction of sp³-hybridized carbons (Fsp3) is 0.167. The number of halogens is 2. The second kappa shape index (κ2) is 11.5. The lowest BCUT2D eigenvalue weighted by Crippen LogP contribution is -2.13. The van der Waals surface area contributed by atoms with Crippen molar-refractivity contribution in [3.63, 3.8) is 0 Å². The third-order valence-electron chi connectivity index (χ3n) is 3.42. The number of carbonyl (C=O) groups excluding carboxylic acids is 1. The zero-order valence-electron chi connectivity index (χ0n) is 13.9. The molecule has 2 heterocycles. The molecule has 5 nitrogen and oxygen atoms in total. The van der Waals surface area contributed by atoms with Crippen LogP contribution in [0.5, 0.6) is 0 Å². The summed E-state index contributed by atoms with van der Waals surface area (Å²) >= 11 is 1.59. The lowest BCUT2D eigenvalue weighted by molar-refractivity contribution is -0.115. The molecule has 0 aliphatic rings. The van der Waals surface area contributed by atoms with Crippen LogP contribution < -0.4 is 10.6 Å². The highest BCUT2D eigenvalue weighted by Gasteiger charge is 2.05. The molecule has 0 radical (unpaired) electrons. The minimum Gasteiger partial charge on any atom is -0.354 e. The van der Waals surface area contributed by atoms with Crippen molar-refractivity contribution in [1.82, 2.24) is 9.97 Å². The summed E-state index contributed by atoms with van der Waals surface area (Å²) in [4.78, 5) is 21.3. The highest BCUT2D eigenvalue weighted by molar-refractivity contribution is 7.10. The second-order valence-corrected chi connectivity index (χ2v) is 6.28. The largest absolute Gasteiger partial charge is 0.354 e. The molecule has 26 heavy (non-hydrogen) atoms. The van der Waals surface area contributed by atoms with E-state index in [0.717, 1.165) is 23.5 Å². The van der Waals surface area contributed by atoms with E-state index in [1.165, 1.54) is 5.56 Å². The lowest BCUT2D eigenvalue weighted by atomic mass is 10.1. The van der Waals surface area contributed by atoms with Gasteiger partial charge in [0, 0.05) is 29.5 Å². The Balaban J connectivity index is 0.00000169. The van der Waals surface area contributed by atoms with Gasteiger partial charge in [-0.25, -0.2) is 9.97 Å². The summed E-state index contributed by atoms with van der Waals surface area (Å²) in [5, 5.41) is 8.07. The van der Waals surface area contributed by atoms with Crippen LogP contribution in [0.25, 0.3) is 0 Å². The van der Waals surface area contributed by atoms with Gasteiger partial charge in [0.15, 0.2) is 0 Å². The molecule has 0 unspecified atom stereocenters. The molecule has 0 saturated carbocycles. The molecule has 8 heteroatoms. The molecule has 0 bridgehead atoms. The van der Waals surface area contributed by atoms with Crippen LogP contribution in [0.3, 0.4) is 0 Å². The van der Waals surface area contributed by atoms with Crippen molar-refractivity contribution in [2.45, 2.75) is 12.8 Å². The number of benzene rings is 1. The quantitative estimate of drug-likeness (QED) is 0.611. The second-order valence-electron chi connectivity index (χ2n) is 5.25. The number of hydrogen-bond donors (Lipinski definition) is 2. The Labute approximate surface area is 169 Å². The van der Waals surface area contributed by atoms with E-state index in [1.54, 1.807) is 29.8 Å². The summed E-state index contributed by atoms with van der Waals surface area (Å²) in [5.74, 6) is 0.642. The maximum absolute atomic E-state index is 12.0. The van der Waals surface area contributed by atoms with Crippen molar-refractivity contribution in [2.24, 2.45) is 0 Å². The first kappa shape index (κ1) is 21.9. The number of hydrogen-bond acceptors (Lipinski definition) is 5. The van der Waals surface area contributed by atoms with E-state index in [2.05, 4.69) is 20.6 Å². The van der Waals surface area contributed by atoms with E-state index in [1.807, 2.05) is 41.8 Å². The Kier molecular flexibility index (Phi) is 9.65. The fourth-order valence-corrected chi connectivity index (χ4v) is 2.94. The number of anilines is 2. The average molecular weight is 411 g/mol. The number of thiophene rings is 1. The van der Waals surface area contributed by atoms with Crippen molar-refractivity contribution in [1.29, 1.82) is 0 Å². The number of nitrogens with zero attached hydrogens (tertiary/aromatic N) is 2. The predicted molar refractivity (Wildman–Crippen MR) is 112 cm³/mol. The maximum atomic E-state index is 12.0. The van der Waals surface area contributed by atoms with Crippen LogP contribution >= 0.6 is 36.2 Å². The topological polar surface area (TPSA) is 66.9 Å². The molecule has 2 aromatic heterocycles. The van der Waals surface area contributed by atoms with Gasteiger partial charge in [0.05, 0.1) is 6.42 Å². The van der Waals surface area contributed by atoms with Crippen LogP contribution in [0.2, 0.25) is 0 Å². The SMILES string of the molecule is Cl.Cl.O=C(Cc1cccs1)Nc1ccc(CCNc2ncccn2)cc1. The molecule has 1 aromatic carbocycles.